The average molecular weight is 787 g/mol. The molecule has 2 aromatic rings. The van der Waals surface area contributed by atoms with Crippen LogP contribution in [-0.2, 0) is 42.7 Å². The van der Waals surface area contributed by atoms with Gasteiger partial charge in [-0.1, -0.05) is 62.9 Å². The number of nitrogens with zero attached hydrogens (tertiary/aromatic N) is 2. The summed E-state index contributed by atoms with van der Waals surface area (Å²) in [7, 11) is 8.05. The van der Waals surface area contributed by atoms with Crippen molar-refractivity contribution in [2.24, 2.45) is 11.3 Å². The summed E-state index contributed by atoms with van der Waals surface area (Å²) in [5, 5.41) is 0. The minimum absolute atomic E-state index is 0.00616. The van der Waals surface area contributed by atoms with Gasteiger partial charge in [-0.05, 0) is 126 Å². The molecule has 10 aliphatic rings. The Balaban J connectivity index is 0.000000133. The normalized spacial score (nSPS) is 35.7. The molecular weight excluding hydrogens is 725 g/mol. The number of hydrogen-bond acceptors (Lipinski definition) is 8. The number of rotatable bonds is 8. The highest BCUT2D eigenvalue weighted by Crippen LogP contribution is 2.74. The Morgan fingerprint density at radius 1 is 0.879 bits per heavy atom. The maximum atomic E-state index is 13.4. The van der Waals surface area contributed by atoms with Gasteiger partial charge in [-0.3, -0.25) is 14.5 Å². The third kappa shape index (κ3) is 4.97. The van der Waals surface area contributed by atoms with E-state index in [2.05, 4.69) is 99.8 Å². The third-order valence-corrected chi connectivity index (χ3v) is 16.1. The lowest BCUT2D eigenvalue weighted by atomic mass is 9.37. The number of carbonyl (C=O) groups is 2. The molecular formula is C50H62N2O6. The zero-order chi connectivity index (χ0) is 40.9. The number of likely N-dealkylation sites (tertiary alicyclic amines) is 2. The van der Waals surface area contributed by atoms with Crippen molar-refractivity contribution < 1.29 is 28.5 Å². The van der Waals surface area contributed by atoms with Crippen molar-refractivity contribution in [3.63, 3.8) is 0 Å². The molecule has 1 saturated carbocycles. The van der Waals surface area contributed by atoms with E-state index < -0.39 is 5.60 Å². The molecule has 12 rings (SSSR count). The van der Waals surface area contributed by atoms with Crippen molar-refractivity contribution in [1.29, 1.82) is 0 Å². The highest BCUT2D eigenvalue weighted by Gasteiger charge is 2.79. The van der Waals surface area contributed by atoms with Gasteiger partial charge in [0, 0.05) is 48.6 Å². The van der Waals surface area contributed by atoms with Crippen molar-refractivity contribution >= 4 is 11.6 Å². The molecule has 6 bridgehead atoms. The number of piperidine rings is 2. The van der Waals surface area contributed by atoms with E-state index in [1.165, 1.54) is 45.0 Å². The molecule has 58 heavy (non-hydrogen) atoms. The van der Waals surface area contributed by atoms with Crippen LogP contribution in [0.25, 0.3) is 0 Å². The smallest absolute Gasteiger partial charge is 0.169 e. The number of methoxy groups -OCH3 is 2. The first kappa shape index (κ1) is 39.5. The molecule has 8 nitrogen and oxygen atoms in total. The van der Waals surface area contributed by atoms with E-state index in [4.69, 9.17) is 18.9 Å². The Bertz CT molecular complexity index is 2170. The van der Waals surface area contributed by atoms with E-state index >= 15 is 0 Å². The standard InChI is InChI=1S/C25H31NO3.C19H21NO2.C6H10O/c1-5-6-18(27)17-14-23-9-10-25(17,28-4)22-24(23)11-12-26(3)19(23)13-16-8-7-15(2)21(29-22)20(16)24;1-11-4-5-12-10-14-13-6-7-15(21-3)18-19(13,8-9-20(14)2)16(12)17(11)22-18;1-3-5-6(7)4-2/h7-10,17,19,22H,5-6,11-14H2,1-4H3;4-7,14,18H,8-10H2,1-3H3;4H,2-3,5H2,1H3/t17-,19-,22-,23-,24+,25-;14-,18+,19+;/m11./s1. The summed E-state index contributed by atoms with van der Waals surface area (Å²) in [4.78, 5) is 28.7. The SMILES string of the molecule is C=CC(=O)CCC.CCCC(=O)[C@H]1C[C@@]23C=C[C@]1(OC)[C@@H]1Oc4c(C)ccc5c4[C@@]12CCN(C)[C@@H]3C5.COC1=CC=C2[C@H]3Cc4ccc(C)c5c4[C@@]2(CCN3C)[C@H]1O5. The topological polar surface area (TPSA) is 77.5 Å². The predicted molar refractivity (Wildman–Crippen MR) is 227 cm³/mol. The first-order valence-corrected chi connectivity index (χ1v) is 21.8. The van der Waals surface area contributed by atoms with Crippen LogP contribution in [0.4, 0.5) is 0 Å². The van der Waals surface area contributed by atoms with Crippen molar-refractivity contribution in [1.82, 2.24) is 9.80 Å². The van der Waals surface area contributed by atoms with Gasteiger partial charge in [0.1, 0.15) is 34.7 Å². The van der Waals surface area contributed by atoms with Crippen LogP contribution in [0.5, 0.6) is 11.5 Å². The molecule has 8 heteroatoms. The van der Waals surface area contributed by atoms with Gasteiger partial charge in [0.25, 0.3) is 0 Å². The summed E-state index contributed by atoms with van der Waals surface area (Å²) in [5.41, 5.74) is 9.02. The molecule has 2 aromatic carbocycles. The maximum absolute atomic E-state index is 13.4. The number of likely N-dealkylation sites (N-methyl/N-ethyl adjacent to an activating group) is 2. The molecule has 3 fully saturated rings. The Kier molecular flexibility index (Phi) is 9.57. The number of carbonyl (C=O) groups excluding carboxylic acids is 2. The van der Waals surface area contributed by atoms with Crippen LogP contribution in [-0.4, -0.2) is 92.7 Å². The molecule has 0 radical (unpaired) electrons. The number of allylic oxidation sites excluding steroid dienone is 3. The van der Waals surface area contributed by atoms with Crippen LogP contribution < -0.4 is 9.47 Å². The summed E-state index contributed by atoms with van der Waals surface area (Å²) in [5.74, 6) is 3.52. The fourth-order valence-corrected chi connectivity index (χ4v) is 13.4. The minimum atomic E-state index is -0.658. The van der Waals surface area contributed by atoms with Crippen LogP contribution in [0.3, 0.4) is 0 Å². The Morgan fingerprint density at radius 3 is 2.22 bits per heavy atom. The molecule has 3 spiro atoms. The molecule has 0 amide bonds. The van der Waals surface area contributed by atoms with E-state index in [0.29, 0.717) is 30.7 Å². The highest BCUT2D eigenvalue weighted by molar-refractivity contribution is 5.88. The van der Waals surface area contributed by atoms with E-state index in [1.807, 2.05) is 6.92 Å². The lowest BCUT2D eigenvalue weighted by molar-refractivity contribution is -0.213. The molecule has 2 saturated heterocycles. The second-order valence-electron chi connectivity index (χ2n) is 18.6. The van der Waals surface area contributed by atoms with Gasteiger partial charge in [0.2, 0.25) is 0 Å². The summed E-state index contributed by atoms with van der Waals surface area (Å²) < 4.78 is 25.4. The van der Waals surface area contributed by atoms with Crippen LogP contribution >= 0.6 is 0 Å². The summed E-state index contributed by atoms with van der Waals surface area (Å²) in [6.07, 6.45) is 18.6. The molecule has 0 unspecified atom stereocenters. The quantitative estimate of drug-likeness (QED) is 0.198. The number of ether oxygens (including phenoxy) is 4. The second-order valence-corrected chi connectivity index (χ2v) is 18.6. The Labute approximate surface area is 345 Å². The van der Waals surface area contributed by atoms with Crippen molar-refractivity contribution in [3.8, 4) is 11.5 Å². The number of Topliss-reactive ketones (excluding diaryl/α,β-unsaturated/α-hetero) is 1. The Morgan fingerprint density at radius 2 is 1.57 bits per heavy atom. The second kappa shape index (κ2) is 14.1. The van der Waals surface area contributed by atoms with Gasteiger partial charge >= 0.3 is 0 Å². The predicted octanol–water partition coefficient (Wildman–Crippen LogP) is 7.85. The van der Waals surface area contributed by atoms with Gasteiger partial charge in [0.05, 0.1) is 23.9 Å². The van der Waals surface area contributed by atoms with Gasteiger partial charge in [-0.25, -0.2) is 0 Å². The van der Waals surface area contributed by atoms with E-state index in [9.17, 15) is 9.59 Å². The molecule has 4 heterocycles. The number of ketones is 2. The monoisotopic (exact) mass is 786 g/mol. The lowest BCUT2D eigenvalue weighted by Crippen LogP contribution is -2.79. The first-order valence-electron chi connectivity index (χ1n) is 21.8. The first-order chi connectivity index (χ1) is 27.9. The summed E-state index contributed by atoms with van der Waals surface area (Å²) >= 11 is 0. The van der Waals surface area contributed by atoms with Gasteiger partial charge in [-0.15, -0.1) is 0 Å². The number of aryl methyl sites for hydroxylation is 2. The zero-order valence-corrected chi connectivity index (χ0v) is 35.9. The number of hydrogen-bond donors (Lipinski definition) is 0. The number of fused-ring (bicyclic) bond motifs is 1. The van der Waals surface area contributed by atoms with Crippen molar-refractivity contribution in [2.75, 3.05) is 41.4 Å². The van der Waals surface area contributed by atoms with Crippen LogP contribution in [0, 0.1) is 25.2 Å². The minimum Gasteiger partial charge on any atom is -0.497 e. The van der Waals surface area contributed by atoms with E-state index in [0.717, 1.165) is 75.3 Å². The number of benzene rings is 2. The van der Waals surface area contributed by atoms with Crippen LogP contribution in [0.2, 0.25) is 0 Å². The van der Waals surface area contributed by atoms with E-state index in [-0.39, 0.29) is 40.2 Å². The van der Waals surface area contributed by atoms with Crippen molar-refractivity contribution in [2.45, 2.75) is 126 Å². The lowest BCUT2D eigenvalue weighted by Gasteiger charge is -2.70. The van der Waals surface area contributed by atoms with Crippen LogP contribution in [0.1, 0.15) is 92.2 Å². The van der Waals surface area contributed by atoms with Crippen LogP contribution in [0.15, 0.2) is 72.6 Å². The Hall–Kier alpha value is -3.98. The molecule has 308 valence electrons. The fourth-order valence-electron chi connectivity index (χ4n) is 13.4. The van der Waals surface area contributed by atoms with Gasteiger partial charge in [0.15, 0.2) is 11.9 Å². The highest BCUT2D eigenvalue weighted by atomic mass is 16.6. The molecule has 0 aromatic heterocycles. The van der Waals surface area contributed by atoms with Crippen molar-refractivity contribution in [3.05, 3.63) is 106 Å². The summed E-state index contributed by atoms with van der Waals surface area (Å²) in [6, 6.07) is 9.97. The molecule has 6 aliphatic carbocycles. The molecule has 4 aliphatic heterocycles. The summed E-state index contributed by atoms with van der Waals surface area (Å²) in [6.45, 7) is 13.9. The third-order valence-electron chi connectivity index (χ3n) is 16.1. The largest absolute Gasteiger partial charge is 0.497 e. The van der Waals surface area contributed by atoms with Gasteiger partial charge < -0.3 is 23.8 Å². The molecule has 9 atom stereocenters. The fraction of sp³-hybridized carbons (Fsp3) is 0.560. The van der Waals surface area contributed by atoms with E-state index in [1.54, 1.807) is 14.2 Å². The zero-order valence-electron chi connectivity index (χ0n) is 35.9. The maximum Gasteiger partial charge on any atom is 0.169 e. The average Bonchev–Trinajstić information content (AvgIpc) is 3.79. The van der Waals surface area contributed by atoms with Gasteiger partial charge in [-0.2, -0.15) is 0 Å². The molecule has 0 N–H and O–H groups in total.